The molecule has 1 aromatic heterocycles. The fourth-order valence-electron chi connectivity index (χ4n) is 3.10. The van der Waals surface area contributed by atoms with Gasteiger partial charge in [0.15, 0.2) is 9.84 Å². The predicted molar refractivity (Wildman–Crippen MR) is 102 cm³/mol. The molecule has 1 atom stereocenters. The molecule has 1 aliphatic heterocycles. The van der Waals surface area contributed by atoms with Crippen LogP contribution in [0.2, 0.25) is 0 Å². The zero-order chi connectivity index (χ0) is 19.4. The van der Waals surface area contributed by atoms with Gasteiger partial charge in [-0.1, -0.05) is 12.1 Å². The molecule has 1 aliphatic rings. The van der Waals surface area contributed by atoms with Crippen LogP contribution >= 0.6 is 0 Å². The van der Waals surface area contributed by atoms with Crippen molar-refractivity contribution in [1.82, 2.24) is 9.88 Å². The van der Waals surface area contributed by atoms with E-state index in [-0.39, 0.29) is 29.3 Å². The highest BCUT2D eigenvalue weighted by Crippen LogP contribution is 2.19. The maximum absolute atomic E-state index is 12.9. The van der Waals surface area contributed by atoms with Gasteiger partial charge in [0.25, 0.3) is 5.91 Å². The Morgan fingerprint density at radius 3 is 2.70 bits per heavy atom. The lowest BCUT2D eigenvalue weighted by atomic mass is 10.1. The molecule has 6 nitrogen and oxygen atoms in total. The molecule has 144 valence electrons. The molecular formula is C19H22FN3O3S. The average molecular weight is 391 g/mol. The number of nitrogens with one attached hydrogen (secondary N) is 1. The van der Waals surface area contributed by atoms with Gasteiger partial charge in [-0.2, -0.15) is 0 Å². The molecule has 2 heterocycles. The Morgan fingerprint density at radius 1 is 1.30 bits per heavy atom. The number of aromatic nitrogens is 1. The SMILES string of the molecule is CN(C(=O)c1ccnc(NCCc2ccc(F)cc2)c1)C1CCS(=O)(=O)C1. The normalized spacial score (nSPS) is 18.2. The van der Waals surface area contributed by atoms with Crippen molar-refractivity contribution in [2.75, 3.05) is 30.4 Å². The highest BCUT2D eigenvalue weighted by atomic mass is 32.2. The average Bonchev–Trinajstić information content (AvgIpc) is 3.02. The number of carbonyl (C=O) groups is 1. The van der Waals surface area contributed by atoms with Gasteiger partial charge in [0.05, 0.1) is 11.5 Å². The van der Waals surface area contributed by atoms with E-state index in [0.29, 0.717) is 30.8 Å². The quantitative estimate of drug-likeness (QED) is 0.816. The number of pyridine rings is 1. The smallest absolute Gasteiger partial charge is 0.254 e. The second-order valence-corrected chi connectivity index (χ2v) is 8.93. The third-order valence-corrected chi connectivity index (χ3v) is 6.47. The highest BCUT2D eigenvalue weighted by Gasteiger charge is 2.33. The largest absolute Gasteiger partial charge is 0.370 e. The van der Waals surface area contributed by atoms with Crippen molar-refractivity contribution in [3.8, 4) is 0 Å². The summed E-state index contributed by atoms with van der Waals surface area (Å²) in [7, 11) is -1.41. The third-order valence-electron chi connectivity index (χ3n) is 4.72. The molecule has 8 heteroatoms. The van der Waals surface area contributed by atoms with E-state index >= 15 is 0 Å². The predicted octanol–water partition coefficient (Wildman–Crippen LogP) is 2.13. The van der Waals surface area contributed by atoms with Gasteiger partial charge in [-0.15, -0.1) is 0 Å². The molecule has 2 aromatic rings. The number of hydrogen-bond acceptors (Lipinski definition) is 5. The van der Waals surface area contributed by atoms with Crippen LogP contribution in [0.1, 0.15) is 22.3 Å². The first-order valence-electron chi connectivity index (χ1n) is 8.76. The monoisotopic (exact) mass is 391 g/mol. The summed E-state index contributed by atoms with van der Waals surface area (Å²) >= 11 is 0. The van der Waals surface area contributed by atoms with E-state index in [0.717, 1.165) is 5.56 Å². The molecule has 0 saturated carbocycles. The number of carbonyl (C=O) groups excluding carboxylic acids is 1. The molecule has 3 rings (SSSR count). The summed E-state index contributed by atoms with van der Waals surface area (Å²) in [6.45, 7) is 0.590. The molecule has 1 amide bonds. The fourth-order valence-corrected chi connectivity index (χ4v) is 4.87. The first-order chi connectivity index (χ1) is 12.8. The van der Waals surface area contributed by atoms with E-state index in [1.165, 1.54) is 17.0 Å². The minimum Gasteiger partial charge on any atom is -0.370 e. The molecule has 0 aliphatic carbocycles. The van der Waals surface area contributed by atoms with Crippen molar-refractivity contribution in [3.05, 3.63) is 59.5 Å². The molecule has 27 heavy (non-hydrogen) atoms. The second-order valence-electron chi connectivity index (χ2n) is 6.71. The van der Waals surface area contributed by atoms with Gasteiger partial charge >= 0.3 is 0 Å². The summed E-state index contributed by atoms with van der Waals surface area (Å²) in [5.74, 6) is 0.223. The first-order valence-corrected chi connectivity index (χ1v) is 10.6. The van der Waals surface area contributed by atoms with Crippen molar-refractivity contribution in [3.63, 3.8) is 0 Å². The van der Waals surface area contributed by atoms with Crippen molar-refractivity contribution in [2.24, 2.45) is 0 Å². The summed E-state index contributed by atoms with van der Waals surface area (Å²) in [5.41, 5.74) is 1.46. The van der Waals surface area contributed by atoms with E-state index in [1.54, 1.807) is 37.5 Å². The number of rotatable bonds is 6. The maximum Gasteiger partial charge on any atom is 0.254 e. The van der Waals surface area contributed by atoms with Crippen LogP contribution in [-0.2, 0) is 16.3 Å². The van der Waals surface area contributed by atoms with Gasteiger partial charge in [-0.05, 0) is 42.7 Å². The number of hydrogen-bond donors (Lipinski definition) is 1. The minimum absolute atomic E-state index is 0.0170. The van der Waals surface area contributed by atoms with Crippen LogP contribution in [0.15, 0.2) is 42.6 Å². The van der Waals surface area contributed by atoms with Gasteiger partial charge in [0.1, 0.15) is 11.6 Å². The first kappa shape index (κ1) is 19.3. The molecule has 1 unspecified atom stereocenters. The second kappa shape index (κ2) is 8.04. The molecule has 0 radical (unpaired) electrons. The zero-order valence-electron chi connectivity index (χ0n) is 15.1. The Kier molecular flexibility index (Phi) is 5.74. The van der Waals surface area contributed by atoms with Crippen molar-refractivity contribution < 1.29 is 17.6 Å². The number of nitrogens with zero attached hydrogens (tertiary/aromatic N) is 2. The van der Waals surface area contributed by atoms with Crippen LogP contribution in [0, 0.1) is 5.82 Å². The summed E-state index contributed by atoms with van der Waals surface area (Å²) in [5, 5.41) is 3.15. The summed E-state index contributed by atoms with van der Waals surface area (Å²) in [6.07, 6.45) is 2.71. The van der Waals surface area contributed by atoms with Gasteiger partial charge < -0.3 is 10.2 Å². The van der Waals surface area contributed by atoms with Crippen LogP contribution in [0.4, 0.5) is 10.2 Å². The van der Waals surface area contributed by atoms with Crippen molar-refractivity contribution in [1.29, 1.82) is 0 Å². The molecule has 0 bridgehead atoms. The number of benzene rings is 1. The lowest BCUT2D eigenvalue weighted by Gasteiger charge is -2.23. The lowest BCUT2D eigenvalue weighted by Crippen LogP contribution is -2.37. The van der Waals surface area contributed by atoms with Gasteiger partial charge in [-0.25, -0.2) is 17.8 Å². The van der Waals surface area contributed by atoms with E-state index < -0.39 is 9.84 Å². The Morgan fingerprint density at radius 2 is 2.04 bits per heavy atom. The fraction of sp³-hybridized carbons (Fsp3) is 0.368. The Bertz CT molecular complexity index is 916. The molecule has 1 aromatic carbocycles. The van der Waals surface area contributed by atoms with E-state index in [2.05, 4.69) is 10.3 Å². The minimum atomic E-state index is -3.05. The Labute approximate surface area is 158 Å². The molecule has 0 spiro atoms. The molecular weight excluding hydrogens is 369 g/mol. The topological polar surface area (TPSA) is 79.4 Å². The van der Waals surface area contributed by atoms with Crippen molar-refractivity contribution >= 4 is 21.6 Å². The van der Waals surface area contributed by atoms with Gasteiger partial charge in [-0.3, -0.25) is 4.79 Å². The highest BCUT2D eigenvalue weighted by molar-refractivity contribution is 7.91. The number of anilines is 1. The van der Waals surface area contributed by atoms with E-state index in [9.17, 15) is 17.6 Å². The maximum atomic E-state index is 12.9. The van der Waals surface area contributed by atoms with Crippen LogP contribution < -0.4 is 5.32 Å². The Balaban J connectivity index is 1.59. The van der Waals surface area contributed by atoms with Crippen LogP contribution in [0.25, 0.3) is 0 Å². The lowest BCUT2D eigenvalue weighted by molar-refractivity contribution is 0.0747. The molecule has 1 fully saturated rings. The molecule has 1 N–H and O–H groups in total. The Hall–Kier alpha value is -2.48. The summed E-state index contributed by atoms with van der Waals surface area (Å²) < 4.78 is 36.2. The van der Waals surface area contributed by atoms with E-state index in [1.807, 2.05) is 0 Å². The molecule has 1 saturated heterocycles. The standard InChI is InChI=1S/C19H22FN3O3S/c1-23(17-8-11-27(25,26)13-17)19(24)15-7-10-22-18(12-15)21-9-6-14-2-4-16(20)5-3-14/h2-5,7,10,12,17H,6,8-9,11,13H2,1H3,(H,21,22). The zero-order valence-corrected chi connectivity index (χ0v) is 15.9. The third kappa shape index (κ3) is 5.03. The van der Waals surface area contributed by atoms with Crippen LogP contribution in [0.3, 0.4) is 0 Å². The number of halogens is 1. The number of sulfone groups is 1. The van der Waals surface area contributed by atoms with Crippen LogP contribution in [-0.4, -0.2) is 55.3 Å². The van der Waals surface area contributed by atoms with Gasteiger partial charge in [0, 0.05) is 31.4 Å². The summed E-state index contributed by atoms with van der Waals surface area (Å²) in [4.78, 5) is 18.4. The number of amides is 1. The summed E-state index contributed by atoms with van der Waals surface area (Å²) in [6, 6.07) is 9.30. The van der Waals surface area contributed by atoms with Gasteiger partial charge in [0.2, 0.25) is 0 Å². The van der Waals surface area contributed by atoms with Crippen molar-refractivity contribution in [2.45, 2.75) is 18.9 Å². The van der Waals surface area contributed by atoms with E-state index in [4.69, 9.17) is 0 Å². The van der Waals surface area contributed by atoms with Crippen LogP contribution in [0.5, 0.6) is 0 Å².